The molecule has 1 rings (SSSR count). The van der Waals surface area contributed by atoms with Crippen LogP contribution in [0.5, 0.6) is 0 Å². The number of rotatable bonds is 1. The van der Waals surface area contributed by atoms with E-state index in [1.807, 2.05) is 0 Å². The Hall–Kier alpha value is -1.53. The monoisotopic (exact) mass is 181 g/mol. The Labute approximate surface area is 74.1 Å². The Morgan fingerprint density at radius 2 is 2.25 bits per heavy atom. The molecule has 0 spiro atoms. The van der Waals surface area contributed by atoms with Crippen LogP contribution in [0.25, 0.3) is 0 Å². The average Bonchev–Trinajstić information content (AvgIpc) is 2.03. The van der Waals surface area contributed by atoms with Gasteiger partial charge in [0.15, 0.2) is 0 Å². The molecule has 3 nitrogen and oxygen atoms in total. The van der Waals surface area contributed by atoms with E-state index in [2.05, 4.69) is 5.92 Å². The van der Waals surface area contributed by atoms with E-state index < -0.39 is 4.92 Å². The van der Waals surface area contributed by atoms with Crippen molar-refractivity contribution in [3.8, 4) is 12.3 Å². The van der Waals surface area contributed by atoms with Gasteiger partial charge in [0, 0.05) is 6.07 Å². The first kappa shape index (κ1) is 8.57. The smallest absolute Gasteiger partial charge is 0.258 e. The zero-order valence-electron chi connectivity index (χ0n) is 5.95. The van der Waals surface area contributed by atoms with Gasteiger partial charge in [0.2, 0.25) is 0 Å². The fourth-order valence-electron chi connectivity index (χ4n) is 0.808. The van der Waals surface area contributed by atoms with E-state index in [9.17, 15) is 10.1 Å². The Morgan fingerprint density at radius 3 is 2.67 bits per heavy atom. The standard InChI is InChI=1S/C8H4ClNO2/c1-2-6-7(9)4-3-5-8(6)10(11)12/h1,3-5H. The molecule has 0 aliphatic heterocycles. The van der Waals surface area contributed by atoms with Gasteiger partial charge in [-0.05, 0) is 6.07 Å². The molecule has 0 atom stereocenters. The van der Waals surface area contributed by atoms with E-state index in [4.69, 9.17) is 18.0 Å². The number of hydrogen-bond acceptors (Lipinski definition) is 2. The molecule has 0 radical (unpaired) electrons. The molecule has 0 aliphatic carbocycles. The second-order valence-corrected chi connectivity index (χ2v) is 2.44. The summed E-state index contributed by atoms with van der Waals surface area (Å²) in [5.41, 5.74) is -0.00540. The van der Waals surface area contributed by atoms with Crippen LogP contribution in [-0.2, 0) is 0 Å². The molecule has 0 amide bonds. The van der Waals surface area contributed by atoms with Crippen LogP contribution >= 0.6 is 11.6 Å². The molecule has 1 aromatic rings. The van der Waals surface area contributed by atoms with Crippen LogP contribution in [0.15, 0.2) is 18.2 Å². The predicted molar refractivity (Wildman–Crippen MR) is 46.0 cm³/mol. The molecule has 0 unspecified atom stereocenters. The highest BCUT2D eigenvalue weighted by atomic mass is 35.5. The van der Waals surface area contributed by atoms with Gasteiger partial charge < -0.3 is 0 Å². The highest BCUT2D eigenvalue weighted by molar-refractivity contribution is 6.32. The third-order valence-corrected chi connectivity index (χ3v) is 1.65. The molecule has 12 heavy (non-hydrogen) atoms. The number of hydrogen-bond donors (Lipinski definition) is 0. The highest BCUT2D eigenvalue weighted by Gasteiger charge is 2.13. The minimum absolute atomic E-state index is 0.129. The lowest BCUT2D eigenvalue weighted by molar-refractivity contribution is -0.385. The Balaban J connectivity index is 3.40. The lowest BCUT2D eigenvalue weighted by Crippen LogP contribution is -1.91. The van der Waals surface area contributed by atoms with Crippen molar-refractivity contribution in [1.29, 1.82) is 0 Å². The molecule has 0 N–H and O–H groups in total. The van der Waals surface area contributed by atoms with Crippen LogP contribution in [0.2, 0.25) is 5.02 Å². The summed E-state index contributed by atoms with van der Waals surface area (Å²) in [6.45, 7) is 0. The summed E-state index contributed by atoms with van der Waals surface area (Å²) in [4.78, 5) is 9.83. The van der Waals surface area contributed by atoms with Crippen LogP contribution in [0, 0.1) is 22.5 Å². The molecule has 0 fully saturated rings. The number of terminal acetylenes is 1. The summed E-state index contributed by atoms with van der Waals surface area (Å²) in [6.07, 6.45) is 5.05. The van der Waals surface area contributed by atoms with Gasteiger partial charge in [0.25, 0.3) is 5.69 Å². The second-order valence-electron chi connectivity index (χ2n) is 2.04. The van der Waals surface area contributed by atoms with E-state index >= 15 is 0 Å². The van der Waals surface area contributed by atoms with E-state index in [1.54, 1.807) is 0 Å². The summed E-state index contributed by atoms with van der Waals surface area (Å²) in [5.74, 6) is 2.17. The second kappa shape index (κ2) is 3.24. The number of nitro groups is 1. The van der Waals surface area contributed by atoms with Gasteiger partial charge in [-0.25, -0.2) is 0 Å². The molecule has 0 saturated heterocycles. The van der Waals surface area contributed by atoms with Gasteiger partial charge in [0.05, 0.1) is 9.95 Å². The van der Waals surface area contributed by atoms with Crippen molar-refractivity contribution >= 4 is 17.3 Å². The number of halogens is 1. The quantitative estimate of drug-likeness (QED) is 0.379. The number of benzene rings is 1. The van der Waals surface area contributed by atoms with Gasteiger partial charge >= 0.3 is 0 Å². The van der Waals surface area contributed by atoms with Crippen LogP contribution in [0.4, 0.5) is 5.69 Å². The molecule has 0 bridgehead atoms. The van der Waals surface area contributed by atoms with E-state index in [0.717, 1.165) is 0 Å². The lowest BCUT2D eigenvalue weighted by Gasteiger charge is -1.96. The van der Waals surface area contributed by atoms with Crippen molar-refractivity contribution in [2.24, 2.45) is 0 Å². The number of nitrogens with zero attached hydrogens (tertiary/aromatic N) is 1. The van der Waals surface area contributed by atoms with Crippen molar-refractivity contribution in [2.45, 2.75) is 0 Å². The van der Waals surface area contributed by atoms with Gasteiger partial charge in [-0.15, -0.1) is 6.42 Å². The summed E-state index contributed by atoms with van der Waals surface area (Å²) in [6, 6.07) is 4.33. The van der Waals surface area contributed by atoms with E-state index in [0.29, 0.717) is 0 Å². The summed E-state index contributed by atoms with van der Waals surface area (Å²) in [5, 5.41) is 10.6. The minimum atomic E-state index is -0.554. The van der Waals surface area contributed by atoms with Crippen molar-refractivity contribution in [3.63, 3.8) is 0 Å². The first-order valence-corrected chi connectivity index (χ1v) is 3.44. The van der Waals surface area contributed by atoms with Gasteiger partial charge in [-0.1, -0.05) is 23.6 Å². The average molecular weight is 182 g/mol. The zero-order valence-corrected chi connectivity index (χ0v) is 6.71. The molecular formula is C8H4ClNO2. The summed E-state index contributed by atoms with van der Waals surface area (Å²) in [7, 11) is 0. The van der Waals surface area contributed by atoms with Crippen molar-refractivity contribution in [3.05, 3.63) is 38.9 Å². The largest absolute Gasteiger partial charge is 0.286 e. The Bertz CT molecular complexity index is 368. The van der Waals surface area contributed by atoms with Crippen molar-refractivity contribution < 1.29 is 4.92 Å². The molecule has 0 aromatic heterocycles. The molecular weight excluding hydrogens is 178 g/mol. The predicted octanol–water partition coefficient (Wildman–Crippen LogP) is 2.23. The zero-order chi connectivity index (χ0) is 9.14. The molecule has 0 saturated carbocycles. The first-order chi connectivity index (χ1) is 5.66. The van der Waals surface area contributed by atoms with Gasteiger partial charge in [0.1, 0.15) is 5.56 Å². The van der Waals surface area contributed by atoms with E-state index in [-0.39, 0.29) is 16.3 Å². The van der Waals surface area contributed by atoms with Gasteiger partial charge in [-0.2, -0.15) is 0 Å². The van der Waals surface area contributed by atoms with Crippen molar-refractivity contribution in [2.75, 3.05) is 0 Å². The molecule has 4 heteroatoms. The topological polar surface area (TPSA) is 43.1 Å². The van der Waals surface area contributed by atoms with Crippen molar-refractivity contribution in [1.82, 2.24) is 0 Å². The van der Waals surface area contributed by atoms with E-state index in [1.165, 1.54) is 18.2 Å². The third-order valence-electron chi connectivity index (χ3n) is 1.33. The molecule has 1 aromatic carbocycles. The fraction of sp³-hybridized carbons (Fsp3) is 0. The third kappa shape index (κ3) is 1.39. The maximum Gasteiger partial charge on any atom is 0.286 e. The number of nitro benzene ring substituents is 1. The van der Waals surface area contributed by atoms with Crippen LogP contribution < -0.4 is 0 Å². The van der Waals surface area contributed by atoms with Crippen LogP contribution in [-0.4, -0.2) is 4.92 Å². The first-order valence-electron chi connectivity index (χ1n) is 3.06. The minimum Gasteiger partial charge on any atom is -0.258 e. The Kier molecular flexibility index (Phi) is 2.32. The molecule has 0 heterocycles. The van der Waals surface area contributed by atoms with Crippen LogP contribution in [0.3, 0.4) is 0 Å². The Morgan fingerprint density at radius 1 is 1.58 bits per heavy atom. The van der Waals surface area contributed by atoms with Gasteiger partial charge in [-0.3, -0.25) is 10.1 Å². The van der Waals surface area contributed by atoms with Crippen LogP contribution in [0.1, 0.15) is 5.56 Å². The maximum atomic E-state index is 10.4. The molecule has 0 aliphatic rings. The summed E-state index contributed by atoms with van der Waals surface area (Å²) >= 11 is 5.63. The highest BCUT2D eigenvalue weighted by Crippen LogP contribution is 2.24. The fourth-order valence-corrected chi connectivity index (χ4v) is 1.03. The molecule has 60 valence electrons. The lowest BCUT2D eigenvalue weighted by atomic mass is 10.2. The maximum absolute atomic E-state index is 10.4. The normalized spacial score (nSPS) is 9.00. The summed E-state index contributed by atoms with van der Waals surface area (Å²) < 4.78 is 0. The SMILES string of the molecule is C#Cc1c(Cl)cccc1[N+](=O)[O-].